The summed E-state index contributed by atoms with van der Waals surface area (Å²) in [4.78, 5) is 28.4. The first-order valence-electron chi connectivity index (χ1n) is 8.83. The van der Waals surface area contributed by atoms with E-state index >= 15 is 0 Å². The van der Waals surface area contributed by atoms with Crippen LogP contribution in [0.25, 0.3) is 5.57 Å². The van der Waals surface area contributed by atoms with Crippen LogP contribution >= 0.6 is 34.5 Å². The van der Waals surface area contributed by atoms with Gasteiger partial charge in [-0.3, -0.25) is 9.59 Å². The zero-order chi connectivity index (χ0) is 20.7. The molecule has 2 amide bonds. The van der Waals surface area contributed by atoms with Gasteiger partial charge in [-0.2, -0.15) is 0 Å². The highest BCUT2D eigenvalue weighted by atomic mass is 35.5. The van der Waals surface area contributed by atoms with E-state index in [1.54, 1.807) is 18.2 Å². The van der Waals surface area contributed by atoms with Crippen molar-refractivity contribution < 1.29 is 9.59 Å². The third-order valence-electron chi connectivity index (χ3n) is 4.80. The van der Waals surface area contributed by atoms with Gasteiger partial charge in [-0.25, -0.2) is 4.90 Å². The van der Waals surface area contributed by atoms with Crippen molar-refractivity contribution in [3.05, 3.63) is 85.7 Å². The standard InChI is InChI=1S/C22H16Cl2N2O2S/c1-12-8-9-14(11-13(12)2)25-20-18(17-7-4-10-29-17)21(27)26(22(20)28)16-6-3-5-15(23)19(16)24/h3-11,25H,1-2H3. The predicted octanol–water partition coefficient (Wildman–Crippen LogP) is 6.07. The Hall–Kier alpha value is -2.60. The lowest BCUT2D eigenvalue weighted by atomic mass is 10.1. The van der Waals surface area contributed by atoms with Gasteiger partial charge in [0.25, 0.3) is 11.8 Å². The molecule has 7 heteroatoms. The van der Waals surface area contributed by atoms with Gasteiger partial charge in [0.1, 0.15) is 5.70 Å². The second-order valence-corrected chi connectivity index (χ2v) is 8.40. The third-order valence-corrected chi connectivity index (χ3v) is 6.50. The monoisotopic (exact) mass is 442 g/mol. The van der Waals surface area contributed by atoms with E-state index in [1.807, 2.05) is 49.6 Å². The van der Waals surface area contributed by atoms with Crippen LogP contribution < -0.4 is 10.2 Å². The van der Waals surface area contributed by atoms with Crippen molar-refractivity contribution in [1.82, 2.24) is 0 Å². The first-order valence-corrected chi connectivity index (χ1v) is 10.5. The van der Waals surface area contributed by atoms with Crippen molar-refractivity contribution >= 4 is 63.3 Å². The van der Waals surface area contributed by atoms with Crippen LogP contribution in [0, 0.1) is 13.8 Å². The molecule has 2 aromatic carbocycles. The number of nitrogens with zero attached hydrogens (tertiary/aromatic N) is 1. The number of rotatable bonds is 4. The maximum atomic E-state index is 13.3. The normalized spacial score (nSPS) is 14.1. The first kappa shape index (κ1) is 19.7. The molecule has 0 fully saturated rings. The van der Waals surface area contributed by atoms with Gasteiger partial charge in [-0.05, 0) is 60.7 Å². The number of amides is 2. The average molecular weight is 443 g/mol. The second kappa shape index (κ2) is 7.67. The summed E-state index contributed by atoms with van der Waals surface area (Å²) >= 11 is 13.8. The van der Waals surface area contributed by atoms with Crippen molar-refractivity contribution in [2.24, 2.45) is 0 Å². The molecule has 0 spiro atoms. The molecule has 0 saturated carbocycles. The Morgan fingerprint density at radius 1 is 0.931 bits per heavy atom. The first-order chi connectivity index (χ1) is 13.9. The summed E-state index contributed by atoms with van der Waals surface area (Å²) in [5.41, 5.74) is 3.76. The fourth-order valence-corrected chi connectivity index (χ4v) is 4.29. The molecule has 3 aromatic rings. The Balaban J connectivity index is 1.83. The minimum atomic E-state index is -0.471. The Kier molecular flexibility index (Phi) is 5.21. The average Bonchev–Trinajstić information content (AvgIpc) is 3.28. The zero-order valence-corrected chi connectivity index (χ0v) is 18.0. The summed E-state index contributed by atoms with van der Waals surface area (Å²) in [6, 6.07) is 14.3. The Morgan fingerprint density at radius 3 is 2.41 bits per heavy atom. The third kappa shape index (κ3) is 3.46. The summed E-state index contributed by atoms with van der Waals surface area (Å²) in [5.74, 6) is -0.909. The molecule has 4 nitrogen and oxygen atoms in total. The Labute approximate surface area is 182 Å². The van der Waals surface area contributed by atoms with Gasteiger partial charge in [0, 0.05) is 10.6 Å². The van der Waals surface area contributed by atoms with Crippen molar-refractivity contribution in [3.63, 3.8) is 0 Å². The summed E-state index contributed by atoms with van der Waals surface area (Å²) < 4.78 is 0. The highest BCUT2D eigenvalue weighted by Crippen LogP contribution is 2.40. The smallest absolute Gasteiger partial charge is 0.282 e. The van der Waals surface area contributed by atoms with Crippen molar-refractivity contribution in [1.29, 1.82) is 0 Å². The molecule has 146 valence electrons. The second-order valence-electron chi connectivity index (χ2n) is 6.67. The SMILES string of the molecule is Cc1ccc(NC2=C(c3cccs3)C(=O)N(c3cccc(Cl)c3Cl)C2=O)cc1C. The van der Waals surface area contributed by atoms with Crippen LogP contribution in [-0.4, -0.2) is 11.8 Å². The molecule has 1 aromatic heterocycles. The lowest BCUT2D eigenvalue weighted by Crippen LogP contribution is -2.32. The molecule has 1 aliphatic rings. The number of anilines is 2. The number of carbonyl (C=O) groups is 2. The lowest BCUT2D eigenvalue weighted by Gasteiger charge is -2.17. The number of hydrogen-bond acceptors (Lipinski definition) is 4. The fourth-order valence-electron chi connectivity index (χ4n) is 3.14. The number of aryl methyl sites for hydroxylation is 2. The summed E-state index contributed by atoms with van der Waals surface area (Å²) in [5, 5.41) is 5.46. The number of halogens is 2. The van der Waals surface area contributed by atoms with Gasteiger partial charge in [0.2, 0.25) is 0 Å². The van der Waals surface area contributed by atoms with E-state index in [1.165, 1.54) is 11.3 Å². The highest BCUT2D eigenvalue weighted by Gasteiger charge is 2.41. The molecule has 0 unspecified atom stereocenters. The number of imide groups is 1. The van der Waals surface area contributed by atoms with Crippen molar-refractivity contribution in [3.8, 4) is 0 Å². The van der Waals surface area contributed by atoms with E-state index < -0.39 is 11.8 Å². The minimum absolute atomic E-state index is 0.161. The van der Waals surface area contributed by atoms with Crippen molar-refractivity contribution in [2.45, 2.75) is 13.8 Å². The highest BCUT2D eigenvalue weighted by molar-refractivity contribution is 7.11. The Morgan fingerprint density at radius 2 is 1.72 bits per heavy atom. The van der Waals surface area contributed by atoms with Gasteiger partial charge in [-0.1, -0.05) is 41.4 Å². The molecule has 1 N–H and O–H groups in total. The fraction of sp³-hybridized carbons (Fsp3) is 0.0909. The van der Waals surface area contributed by atoms with E-state index in [9.17, 15) is 9.59 Å². The molecular formula is C22H16Cl2N2O2S. The molecule has 2 heterocycles. The maximum absolute atomic E-state index is 13.3. The molecule has 4 rings (SSSR count). The number of hydrogen-bond donors (Lipinski definition) is 1. The Bertz CT molecular complexity index is 1170. The molecule has 0 atom stereocenters. The molecule has 29 heavy (non-hydrogen) atoms. The predicted molar refractivity (Wildman–Crippen MR) is 120 cm³/mol. The summed E-state index contributed by atoms with van der Waals surface area (Å²) in [6.07, 6.45) is 0. The maximum Gasteiger partial charge on any atom is 0.282 e. The number of nitrogens with one attached hydrogen (secondary N) is 1. The van der Waals surface area contributed by atoms with E-state index in [0.717, 1.165) is 21.7 Å². The van der Waals surface area contributed by atoms with Crippen LogP contribution in [0.2, 0.25) is 10.0 Å². The summed E-state index contributed by atoms with van der Waals surface area (Å²) in [6.45, 7) is 4.01. The van der Waals surface area contributed by atoms with Crippen LogP contribution in [-0.2, 0) is 9.59 Å². The van der Waals surface area contributed by atoms with Gasteiger partial charge in [0.15, 0.2) is 0 Å². The van der Waals surface area contributed by atoms with E-state index in [-0.39, 0.29) is 21.4 Å². The molecule has 0 saturated heterocycles. The molecule has 0 aliphatic carbocycles. The van der Waals surface area contributed by atoms with Gasteiger partial charge < -0.3 is 5.32 Å². The van der Waals surface area contributed by atoms with E-state index in [2.05, 4.69) is 5.32 Å². The number of benzene rings is 2. The van der Waals surface area contributed by atoms with Crippen LogP contribution in [0.15, 0.2) is 59.6 Å². The van der Waals surface area contributed by atoms with Gasteiger partial charge in [-0.15, -0.1) is 11.3 Å². The van der Waals surface area contributed by atoms with Crippen LogP contribution in [0.3, 0.4) is 0 Å². The number of thiophene rings is 1. The molecule has 0 radical (unpaired) electrons. The van der Waals surface area contributed by atoms with Crippen LogP contribution in [0.4, 0.5) is 11.4 Å². The zero-order valence-electron chi connectivity index (χ0n) is 15.6. The molecule has 0 bridgehead atoms. The molecular weight excluding hydrogens is 427 g/mol. The number of carbonyl (C=O) groups excluding carboxylic acids is 2. The van der Waals surface area contributed by atoms with E-state index in [4.69, 9.17) is 23.2 Å². The quantitative estimate of drug-likeness (QED) is 0.498. The lowest BCUT2D eigenvalue weighted by molar-refractivity contribution is -0.120. The minimum Gasteiger partial charge on any atom is -0.350 e. The van der Waals surface area contributed by atoms with Gasteiger partial charge >= 0.3 is 0 Å². The topological polar surface area (TPSA) is 49.4 Å². The molecule has 1 aliphatic heterocycles. The van der Waals surface area contributed by atoms with Crippen LogP contribution in [0.1, 0.15) is 16.0 Å². The van der Waals surface area contributed by atoms with Crippen LogP contribution in [0.5, 0.6) is 0 Å². The van der Waals surface area contributed by atoms with Gasteiger partial charge in [0.05, 0.1) is 21.3 Å². The summed E-state index contributed by atoms with van der Waals surface area (Å²) in [7, 11) is 0. The largest absolute Gasteiger partial charge is 0.350 e. The van der Waals surface area contributed by atoms with E-state index in [0.29, 0.717) is 10.5 Å². The van der Waals surface area contributed by atoms with Crippen molar-refractivity contribution in [2.75, 3.05) is 10.2 Å².